The second kappa shape index (κ2) is 11.4. The number of anilines is 3. The van der Waals surface area contributed by atoms with Crippen LogP contribution in [-0.2, 0) is 24.9 Å². The fraction of sp³-hybridized carbons (Fsp3) is 0.276. The van der Waals surface area contributed by atoms with E-state index in [0.29, 0.717) is 47.3 Å². The highest BCUT2D eigenvalue weighted by molar-refractivity contribution is 5.95. The van der Waals surface area contributed by atoms with Crippen LogP contribution in [0, 0.1) is 0 Å². The lowest BCUT2D eigenvalue weighted by Crippen LogP contribution is -2.33. The number of hydrogen-bond donors (Lipinski definition) is 2. The summed E-state index contributed by atoms with van der Waals surface area (Å²) >= 11 is 0. The number of hydrogen-bond acceptors (Lipinski definition) is 10. The average Bonchev–Trinajstić information content (AvgIpc) is 3.63. The summed E-state index contributed by atoms with van der Waals surface area (Å²) in [5.74, 6) is 1.98. The van der Waals surface area contributed by atoms with Crippen molar-refractivity contribution < 1.29 is 19.0 Å². The molecule has 13 heteroatoms. The van der Waals surface area contributed by atoms with Crippen LogP contribution >= 0.6 is 0 Å². The van der Waals surface area contributed by atoms with Crippen LogP contribution in [0.3, 0.4) is 0 Å². The fourth-order valence-electron chi connectivity index (χ4n) is 4.91. The Morgan fingerprint density at radius 1 is 1.14 bits per heavy atom. The van der Waals surface area contributed by atoms with Crippen LogP contribution in [0.25, 0.3) is 11.2 Å². The van der Waals surface area contributed by atoms with E-state index in [4.69, 9.17) is 19.2 Å². The third-order valence-electron chi connectivity index (χ3n) is 7.05. The van der Waals surface area contributed by atoms with Gasteiger partial charge in [-0.2, -0.15) is 15.0 Å². The molecule has 13 nitrogen and oxygen atoms in total. The predicted octanol–water partition coefficient (Wildman–Crippen LogP) is 3.79. The van der Waals surface area contributed by atoms with Crippen LogP contribution in [0.15, 0.2) is 61.1 Å². The van der Waals surface area contributed by atoms with Crippen LogP contribution in [0.2, 0.25) is 0 Å². The minimum atomic E-state index is -0.512. The Morgan fingerprint density at radius 2 is 2.02 bits per heavy atom. The van der Waals surface area contributed by atoms with E-state index in [-0.39, 0.29) is 12.6 Å². The number of imidazole rings is 1. The lowest BCUT2D eigenvalue weighted by atomic mass is 10.1. The number of methoxy groups -OCH3 is 2. The van der Waals surface area contributed by atoms with E-state index in [1.807, 2.05) is 60.5 Å². The van der Waals surface area contributed by atoms with Gasteiger partial charge in [0.05, 0.1) is 39.3 Å². The molecule has 1 atom stereocenters. The maximum absolute atomic E-state index is 13.4. The van der Waals surface area contributed by atoms with Gasteiger partial charge in [0.25, 0.3) is 0 Å². The molecular weight excluding hydrogens is 538 g/mol. The molecule has 4 bridgehead atoms. The van der Waals surface area contributed by atoms with Crippen molar-refractivity contribution in [1.29, 1.82) is 0 Å². The number of carbonyl (C=O) groups excluding carboxylic acids is 1. The molecule has 0 spiro atoms. The summed E-state index contributed by atoms with van der Waals surface area (Å²) in [6, 6.07) is 15.2. The number of benzene rings is 2. The van der Waals surface area contributed by atoms with Gasteiger partial charge in [-0.25, -0.2) is 19.3 Å². The van der Waals surface area contributed by atoms with E-state index in [1.54, 1.807) is 27.5 Å². The van der Waals surface area contributed by atoms with Crippen molar-refractivity contribution >= 4 is 34.4 Å². The molecule has 0 fully saturated rings. The van der Waals surface area contributed by atoms with Gasteiger partial charge in [-0.05, 0) is 29.8 Å². The molecule has 1 amide bonds. The second-order valence-electron chi connectivity index (χ2n) is 9.92. The molecule has 1 aliphatic rings. The Hall–Kier alpha value is -5.17. The van der Waals surface area contributed by atoms with Crippen molar-refractivity contribution in [3.05, 3.63) is 77.9 Å². The quantitative estimate of drug-likeness (QED) is 0.311. The van der Waals surface area contributed by atoms with Gasteiger partial charge in [-0.1, -0.05) is 12.1 Å². The van der Waals surface area contributed by atoms with Gasteiger partial charge < -0.3 is 29.7 Å². The number of aromatic nitrogens is 6. The number of pyridine rings is 1. The van der Waals surface area contributed by atoms with Crippen molar-refractivity contribution in [2.45, 2.75) is 19.3 Å². The highest BCUT2D eigenvalue weighted by Gasteiger charge is 2.22. The number of nitrogens with zero attached hydrogens (tertiary/aromatic N) is 7. The van der Waals surface area contributed by atoms with Gasteiger partial charge in [-0.3, -0.25) is 0 Å². The molecule has 1 aliphatic heterocycles. The van der Waals surface area contributed by atoms with Crippen molar-refractivity contribution in [2.24, 2.45) is 7.05 Å². The van der Waals surface area contributed by atoms with Crippen molar-refractivity contribution in [2.75, 3.05) is 38.0 Å². The minimum Gasteiger partial charge on any atom is -0.497 e. The number of nitrogens with one attached hydrogen (secondary N) is 2. The zero-order chi connectivity index (χ0) is 29.2. The third-order valence-corrected chi connectivity index (χ3v) is 7.05. The van der Waals surface area contributed by atoms with Gasteiger partial charge in [0.2, 0.25) is 0 Å². The Bertz CT molecular complexity index is 1750. The molecule has 216 valence electrons. The van der Waals surface area contributed by atoms with Crippen molar-refractivity contribution in [3.8, 4) is 11.5 Å². The minimum absolute atomic E-state index is 0.179. The highest BCUT2D eigenvalue weighted by atomic mass is 16.5. The summed E-state index contributed by atoms with van der Waals surface area (Å²) in [6.07, 6.45) is 2.60. The highest BCUT2D eigenvalue weighted by Crippen LogP contribution is 2.32. The first-order valence-corrected chi connectivity index (χ1v) is 13.3. The maximum Gasteiger partial charge on any atom is 0.328 e. The number of amides is 1. The summed E-state index contributed by atoms with van der Waals surface area (Å²) in [5, 5.41) is 14.9. The van der Waals surface area contributed by atoms with Crippen LogP contribution in [0.4, 0.5) is 22.0 Å². The van der Waals surface area contributed by atoms with Crippen LogP contribution in [-0.4, -0.2) is 63.4 Å². The van der Waals surface area contributed by atoms with E-state index >= 15 is 0 Å². The standard InChI is InChI=1S/C29H31N9O4/c1-36(15-19-8-9-21(40-3)11-24(19)41-4)23-12-26-33-20-7-5-6-18(10-20)16-42-25(22-13-32-37(2)35-22)14-30-29(39)38-17-31-27(23)28(38)34-26/h5-13,17,25H,14-16H2,1-4H3,(H,30,39)(H,33,34). The maximum atomic E-state index is 13.4. The van der Waals surface area contributed by atoms with E-state index in [1.165, 1.54) is 15.7 Å². The lowest BCUT2D eigenvalue weighted by molar-refractivity contribution is 0.0383. The molecule has 5 aromatic rings. The molecule has 2 aromatic carbocycles. The average molecular weight is 570 g/mol. The summed E-state index contributed by atoms with van der Waals surface area (Å²) in [4.78, 5) is 26.3. The Labute approximate surface area is 242 Å². The number of fused-ring (bicyclic) bond motifs is 3. The molecule has 0 saturated carbocycles. The molecule has 2 N–H and O–H groups in total. The first-order valence-electron chi connectivity index (χ1n) is 13.3. The number of aryl methyl sites for hydroxylation is 1. The molecule has 4 heterocycles. The van der Waals surface area contributed by atoms with Gasteiger partial charge in [0, 0.05) is 44.0 Å². The van der Waals surface area contributed by atoms with Crippen LogP contribution in [0.5, 0.6) is 11.5 Å². The first-order chi connectivity index (χ1) is 20.4. The SMILES string of the molecule is COc1ccc(CN(C)c2cc3nc4c2ncn4C(=O)NCC(c2cnn(C)n2)OCc2cccc(c2)N3)c(OC)c1. The third kappa shape index (κ3) is 5.41. The largest absolute Gasteiger partial charge is 0.497 e. The number of ether oxygens (including phenoxy) is 3. The Balaban J connectivity index is 1.40. The molecule has 0 radical (unpaired) electrons. The molecule has 3 aromatic heterocycles. The van der Waals surface area contributed by atoms with Gasteiger partial charge in [-0.15, -0.1) is 0 Å². The van der Waals surface area contributed by atoms with Gasteiger partial charge >= 0.3 is 6.03 Å². The van der Waals surface area contributed by atoms with Crippen LogP contribution < -0.4 is 25.0 Å². The summed E-state index contributed by atoms with van der Waals surface area (Å²) in [5.41, 5.74) is 5.13. The lowest BCUT2D eigenvalue weighted by Gasteiger charge is -2.22. The summed E-state index contributed by atoms with van der Waals surface area (Å²) in [6.45, 7) is 1.00. The van der Waals surface area contributed by atoms with E-state index in [0.717, 1.165) is 22.5 Å². The zero-order valence-corrected chi connectivity index (χ0v) is 23.7. The molecule has 1 unspecified atom stereocenters. The summed E-state index contributed by atoms with van der Waals surface area (Å²) < 4.78 is 18.6. The Morgan fingerprint density at radius 3 is 2.81 bits per heavy atom. The van der Waals surface area contributed by atoms with E-state index in [2.05, 4.69) is 25.8 Å². The predicted molar refractivity (Wildman–Crippen MR) is 156 cm³/mol. The second-order valence-corrected chi connectivity index (χ2v) is 9.92. The number of carbonyl (C=O) groups is 1. The zero-order valence-electron chi connectivity index (χ0n) is 23.7. The molecule has 0 aliphatic carbocycles. The molecule has 0 saturated heterocycles. The molecule has 6 rings (SSSR count). The summed E-state index contributed by atoms with van der Waals surface area (Å²) in [7, 11) is 6.95. The van der Waals surface area contributed by atoms with Crippen LogP contribution in [0.1, 0.15) is 22.9 Å². The van der Waals surface area contributed by atoms with Gasteiger partial charge in [0.15, 0.2) is 5.65 Å². The smallest absolute Gasteiger partial charge is 0.328 e. The van der Waals surface area contributed by atoms with Gasteiger partial charge in [0.1, 0.15) is 41.0 Å². The first kappa shape index (κ1) is 27.0. The van der Waals surface area contributed by atoms with E-state index < -0.39 is 6.10 Å². The topological polar surface area (TPSA) is 133 Å². The molecular formula is C29H31N9O4. The monoisotopic (exact) mass is 569 g/mol. The van der Waals surface area contributed by atoms with E-state index in [9.17, 15) is 4.79 Å². The normalized spacial score (nSPS) is 15.1. The fourth-order valence-corrected chi connectivity index (χ4v) is 4.91. The number of rotatable bonds is 6. The van der Waals surface area contributed by atoms with Crippen molar-refractivity contribution in [3.63, 3.8) is 0 Å². The Kier molecular flexibility index (Phi) is 7.32. The molecule has 42 heavy (non-hydrogen) atoms. The van der Waals surface area contributed by atoms with Crippen molar-refractivity contribution in [1.82, 2.24) is 34.8 Å².